The zero-order valence-corrected chi connectivity index (χ0v) is 16.2. The van der Waals surface area contributed by atoms with Gasteiger partial charge in [0.2, 0.25) is 5.91 Å². The van der Waals surface area contributed by atoms with Gasteiger partial charge in [-0.05, 0) is 49.2 Å². The number of rotatable bonds is 3. The van der Waals surface area contributed by atoms with Crippen molar-refractivity contribution in [1.82, 2.24) is 4.90 Å². The number of likely N-dealkylation sites (tertiary alicyclic amines) is 1. The molecule has 1 heterocycles. The Bertz CT molecular complexity index is 838. The third-order valence-electron chi connectivity index (χ3n) is 4.41. The van der Waals surface area contributed by atoms with E-state index >= 15 is 0 Å². The minimum absolute atomic E-state index is 0.0923. The number of piperidine rings is 1. The zero-order chi connectivity index (χ0) is 18.7. The number of anilines is 1. The summed E-state index contributed by atoms with van der Waals surface area (Å²) in [6.07, 6.45) is 1.08. The highest BCUT2D eigenvalue weighted by atomic mass is 79.9. The molecular formula is C19H17BrClFN2O2. The molecule has 2 aromatic rings. The Morgan fingerprint density at radius 3 is 2.54 bits per heavy atom. The summed E-state index contributed by atoms with van der Waals surface area (Å²) in [6, 6.07) is 11.3. The van der Waals surface area contributed by atoms with Gasteiger partial charge in [-0.3, -0.25) is 9.59 Å². The van der Waals surface area contributed by atoms with E-state index in [1.165, 1.54) is 12.1 Å². The molecule has 3 rings (SSSR count). The summed E-state index contributed by atoms with van der Waals surface area (Å²) in [5.74, 6) is -1.05. The first kappa shape index (κ1) is 18.9. The Labute approximate surface area is 164 Å². The van der Waals surface area contributed by atoms with Crippen molar-refractivity contribution in [3.05, 3.63) is 63.3 Å². The molecule has 0 bridgehead atoms. The summed E-state index contributed by atoms with van der Waals surface area (Å²) < 4.78 is 14.5. The molecule has 26 heavy (non-hydrogen) atoms. The molecule has 1 saturated heterocycles. The van der Waals surface area contributed by atoms with Crippen LogP contribution in [0, 0.1) is 11.7 Å². The van der Waals surface area contributed by atoms with Crippen LogP contribution in [0.2, 0.25) is 5.02 Å². The van der Waals surface area contributed by atoms with E-state index in [4.69, 9.17) is 11.6 Å². The van der Waals surface area contributed by atoms with Crippen molar-refractivity contribution in [1.29, 1.82) is 0 Å². The van der Waals surface area contributed by atoms with E-state index in [0.717, 1.165) is 0 Å². The fraction of sp³-hybridized carbons (Fsp3) is 0.263. The van der Waals surface area contributed by atoms with Crippen molar-refractivity contribution >= 4 is 45.0 Å². The maximum atomic E-state index is 13.9. The number of carbonyl (C=O) groups is 2. The van der Waals surface area contributed by atoms with Crippen LogP contribution < -0.4 is 5.32 Å². The predicted molar refractivity (Wildman–Crippen MR) is 103 cm³/mol. The molecule has 0 aliphatic carbocycles. The molecule has 2 aromatic carbocycles. The third kappa shape index (κ3) is 4.43. The number of nitrogens with zero attached hydrogens (tertiary/aromatic N) is 1. The average Bonchev–Trinajstić information content (AvgIpc) is 2.63. The zero-order valence-electron chi connectivity index (χ0n) is 13.8. The molecule has 2 amide bonds. The summed E-state index contributed by atoms with van der Waals surface area (Å²) in [6.45, 7) is 0.957. The van der Waals surface area contributed by atoms with Gasteiger partial charge in [-0.25, -0.2) is 4.39 Å². The SMILES string of the molecule is O=C(Nc1ccc(Br)cc1F)C1CCN(C(=O)c2cccc(Cl)c2)CC1. The topological polar surface area (TPSA) is 49.4 Å². The van der Waals surface area contributed by atoms with Crippen LogP contribution in [0.3, 0.4) is 0 Å². The first-order valence-electron chi connectivity index (χ1n) is 8.25. The number of benzene rings is 2. The minimum Gasteiger partial charge on any atom is -0.339 e. The van der Waals surface area contributed by atoms with Crippen LogP contribution in [0.25, 0.3) is 0 Å². The van der Waals surface area contributed by atoms with Crippen LogP contribution in [0.5, 0.6) is 0 Å². The second-order valence-electron chi connectivity index (χ2n) is 6.19. The van der Waals surface area contributed by atoms with E-state index in [0.29, 0.717) is 41.0 Å². The van der Waals surface area contributed by atoms with Gasteiger partial charge in [0.15, 0.2) is 0 Å². The fourth-order valence-electron chi connectivity index (χ4n) is 2.97. The monoisotopic (exact) mass is 438 g/mol. The van der Waals surface area contributed by atoms with Crippen molar-refractivity contribution < 1.29 is 14.0 Å². The van der Waals surface area contributed by atoms with Gasteiger partial charge >= 0.3 is 0 Å². The van der Waals surface area contributed by atoms with Gasteiger partial charge in [0.25, 0.3) is 5.91 Å². The lowest BCUT2D eigenvalue weighted by molar-refractivity contribution is -0.121. The molecule has 0 spiro atoms. The molecule has 0 aromatic heterocycles. The van der Waals surface area contributed by atoms with Gasteiger partial charge in [0, 0.05) is 34.1 Å². The molecule has 7 heteroatoms. The van der Waals surface area contributed by atoms with Crippen molar-refractivity contribution in [2.75, 3.05) is 18.4 Å². The van der Waals surface area contributed by atoms with E-state index in [1.54, 1.807) is 35.2 Å². The average molecular weight is 440 g/mol. The van der Waals surface area contributed by atoms with Crippen LogP contribution in [0.4, 0.5) is 10.1 Å². The molecule has 136 valence electrons. The van der Waals surface area contributed by atoms with E-state index in [1.807, 2.05) is 0 Å². The maximum absolute atomic E-state index is 13.9. The molecule has 1 aliphatic rings. The molecule has 0 saturated carbocycles. The lowest BCUT2D eigenvalue weighted by Gasteiger charge is -2.31. The van der Waals surface area contributed by atoms with Crippen molar-refractivity contribution in [2.45, 2.75) is 12.8 Å². The minimum atomic E-state index is -0.485. The molecule has 0 unspecified atom stereocenters. The van der Waals surface area contributed by atoms with Gasteiger partial charge < -0.3 is 10.2 Å². The van der Waals surface area contributed by atoms with Crippen molar-refractivity contribution in [3.63, 3.8) is 0 Å². The Morgan fingerprint density at radius 2 is 1.88 bits per heavy atom. The van der Waals surface area contributed by atoms with Crippen LogP contribution in [0.1, 0.15) is 23.2 Å². The molecule has 0 radical (unpaired) electrons. The maximum Gasteiger partial charge on any atom is 0.253 e. The number of carbonyl (C=O) groups excluding carboxylic acids is 2. The highest BCUT2D eigenvalue weighted by molar-refractivity contribution is 9.10. The Balaban J connectivity index is 1.57. The summed E-state index contributed by atoms with van der Waals surface area (Å²) in [5, 5.41) is 3.15. The van der Waals surface area contributed by atoms with Gasteiger partial charge in [-0.1, -0.05) is 33.6 Å². The highest BCUT2D eigenvalue weighted by Gasteiger charge is 2.28. The largest absolute Gasteiger partial charge is 0.339 e. The van der Waals surface area contributed by atoms with Crippen LogP contribution in [-0.2, 0) is 4.79 Å². The van der Waals surface area contributed by atoms with Gasteiger partial charge in [-0.2, -0.15) is 0 Å². The first-order valence-corrected chi connectivity index (χ1v) is 9.42. The molecule has 1 N–H and O–H groups in total. The van der Waals surface area contributed by atoms with Crippen molar-refractivity contribution in [2.24, 2.45) is 5.92 Å². The quantitative estimate of drug-likeness (QED) is 0.751. The number of halogens is 3. The highest BCUT2D eigenvalue weighted by Crippen LogP contribution is 2.24. The Hall–Kier alpha value is -1.92. The van der Waals surface area contributed by atoms with Crippen molar-refractivity contribution in [3.8, 4) is 0 Å². The molecule has 1 aliphatic heterocycles. The second-order valence-corrected chi connectivity index (χ2v) is 7.54. The summed E-state index contributed by atoms with van der Waals surface area (Å²) in [7, 11) is 0. The van der Waals surface area contributed by atoms with Gasteiger partial charge in [-0.15, -0.1) is 0 Å². The lowest BCUT2D eigenvalue weighted by Crippen LogP contribution is -2.41. The van der Waals surface area contributed by atoms with Crippen LogP contribution >= 0.6 is 27.5 Å². The smallest absolute Gasteiger partial charge is 0.253 e. The standard InChI is InChI=1S/C19H17BrClFN2O2/c20-14-4-5-17(16(22)11-14)23-18(25)12-6-8-24(9-7-12)19(26)13-2-1-3-15(21)10-13/h1-5,10-12H,6-9H2,(H,23,25). The van der Waals surface area contributed by atoms with E-state index in [2.05, 4.69) is 21.2 Å². The van der Waals surface area contributed by atoms with E-state index in [9.17, 15) is 14.0 Å². The molecule has 0 atom stereocenters. The first-order chi connectivity index (χ1) is 12.4. The number of hydrogen-bond donors (Lipinski definition) is 1. The van der Waals surface area contributed by atoms with Crippen LogP contribution in [0.15, 0.2) is 46.9 Å². The van der Waals surface area contributed by atoms with E-state index < -0.39 is 5.82 Å². The van der Waals surface area contributed by atoms with Gasteiger partial charge in [0.1, 0.15) is 5.82 Å². The third-order valence-corrected chi connectivity index (χ3v) is 5.14. The predicted octanol–water partition coefficient (Wildman–Crippen LogP) is 4.73. The second kappa shape index (κ2) is 8.18. The number of amides is 2. The van der Waals surface area contributed by atoms with Gasteiger partial charge in [0.05, 0.1) is 5.69 Å². The normalized spacial score (nSPS) is 15.0. The summed E-state index contributed by atoms with van der Waals surface area (Å²) >= 11 is 9.12. The molecule has 1 fully saturated rings. The van der Waals surface area contributed by atoms with Crippen LogP contribution in [-0.4, -0.2) is 29.8 Å². The lowest BCUT2D eigenvalue weighted by atomic mass is 9.95. The number of hydrogen-bond acceptors (Lipinski definition) is 2. The summed E-state index contributed by atoms with van der Waals surface area (Å²) in [5.41, 5.74) is 0.702. The molecule has 4 nitrogen and oxygen atoms in total. The number of nitrogens with one attached hydrogen (secondary N) is 1. The Morgan fingerprint density at radius 1 is 1.15 bits per heavy atom. The molecular weight excluding hydrogens is 423 g/mol. The van der Waals surface area contributed by atoms with E-state index in [-0.39, 0.29) is 23.4 Å². The Kier molecular flexibility index (Phi) is 5.94. The fourth-order valence-corrected chi connectivity index (χ4v) is 3.50. The summed E-state index contributed by atoms with van der Waals surface area (Å²) in [4.78, 5) is 26.6.